The summed E-state index contributed by atoms with van der Waals surface area (Å²) in [5, 5.41) is 11.9. The van der Waals surface area contributed by atoms with Crippen LogP contribution >= 0.6 is 0 Å². The van der Waals surface area contributed by atoms with Gasteiger partial charge in [-0.25, -0.2) is 0 Å². The number of ether oxygens (including phenoxy) is 2. The molecule has 1 aromatic carbocycles. The summed E-state index contributed by atoms with van der Waals surface area (Å²) in [6.07, 6.45) is 0. The van der Waals surface area contributed by atoms with Crippen LogP contribution in [-0.2, 0) is 4.79 Å². The predicted molar refractivity (Wildman–Crippen MR) is 64.1 cm³/mol. The summed E-state index contributed by atoms with van der Waals surface area (Å²) in [6.45, 7) is 2.16. The number of fused-ring (bicyclic) bond motifs is 1. The fourth-order valence-corrected chi connectivity index (χ4v) is 1.56. The van der Waals surface area contributed by atoms with Crippen molar-refractivity contribution in [3.05, 3.63) is 23.8 Å². The molecule has 3 N–H and O–H groups in total. The molecule has 18 heavy (non-hydrogen) atoms. The molecule has 1 atom stereocenters. The van der Waals surface area contributed by atoms with E-state index in [9.17, 15) is 4.79 Å². The van der Waals surface area contributed by atoms with Gasteiger partial charge in [0, 0.05) is 11.6 Å². The van der Waals surface area contributed by atoms with Crippen molar-refractivity contribution < 1.29 is 19.5 Å². The van der Waals surface area contributed by atoms with Gasteiger partial charge in [0.25, 0.3) is 0 Å². The SMILES string of the molecule is CC(COc1ccc2c(c1)OCC2=NO)C(N)=O. The maximum absolute atomic E-state index is 10.9. The quantitative estimate of drug-likeness (QED) is 0.609. The van der Waals surface area contributed by atoms with Crippen LogP contribution in [0.2, 0.25) is 0 Å². The molecule has 0 aliphatic carbocycles. The summed E-state index contributed by atoms with van der Waals surface area (Å²) in [5.74, 6) is 0.434. The first-order valence-electron chi connectivity index (χ1n) is 5.52. The summed E-state index contributed by atoms with van der Waals surface area (Å²) in [5.41, 5.74) is 6.37. The van der Waals surface area contributed by atoms with Crippen molar-refractivity contribution in [1.82, 2.24) is 0 Å². The molecule has 6 heteroatoms. The van der Waals surface area contributed by atoms with Gasteiger partial charge in [0.1, 0.15) is 23.8 Å². The standard InChI is InChI=1S/C12H14N2O4/c1-7(12(13)15)5-17-8-2-3-9-10(14-16)6-18-11(9)4-8/h2-4,7,16H,5-6H2,1H3,(H2,13,15). The highest BCUT2D eigenvalue weighted by atomic mass is 16.5. The van der Waals surface area contributed by atoms with Crippen molar-refractivity contribution in [2.75, 3.05) is 13.2 Å². The Hall–Kier alpha value is -2.24. The smallest absolute Gasteiger partial charge is 0.223 e. The average molecular weight is 250 g/mol. The number of primary amides is 1. The molecule has 0 bridgehead atoms. The molecule has 1 aromatic rings. The maximum atomic E-state index is 10.9. The minimum Gasteiger partial charge on any atom is -0.493 e. The normalized spacial score (nSPS) is 17.1. The van der Waals surface area contributed by atoms with Gasteiger partial charge < -0.3 is 20.4 Å². The number of oxime groups is 1. The minimum atomic E-state index is -0.401. The summed E-state index contributed by atoms with van der Waals surface area (Å²) >= 11 is 0. The molecule has 1 aliphatic heterocycles. The summed E-state index contributed by atoms with van der Waals surface area (Å²) < 4.78 is 10.8. The van der Waals surface area contributed by atoms with E-state index in [4.69, 9.17) is 20.4 Å². The van der Waals surface area contributed by atoms with Crippen LogP contribution in [0.4, 0.5) is 0 Å². The van der Waals surface area contributed by atoms with Gasteiger partial charge in [-0.2, -0.15) is 0 Å². The molecule has 0 saturated carbocycles. The topological polar surface area (TPSA) is 94.1 Å². The lowest BCUT2D eigenvalue weighted by molar-refractivity contribution is -0.122. The van der Waals surface area contributed by atoms with Crippen LogP contribution in [0.15, 0.2) is 23.4 Å². The van der Waals surface area contributed by atoms with Crippen molar-refractivity contribution in [3.63, 3.8) is 0 Å². The van der Waals surface area contributed by atoms with E-state index in [1.54, 1.807) is 25.1 Å². The number of rotatable bonds is 4. The first kappa shape index (κ1) is 12.2. The molecular weight excluding hydrogens is 236 g/mol. The lowest BCUT2D eigenvalue weighted by Gasteiger charge is -2.10. The van der Waals surface area contributed by atoms with Gasteiger partial charge in [0.15, 0.2) is 0 Å². The van der Waals surface area contributed by atoms with Crippen LogP contribution in [0, 0.1) is 5.92 Å². The number of benzene rings is 1. The number of carbonyl (C=O) groups is 1. The van der Waals surface area contributed by atoms with Crippen molar-refractivity contribution in [3.8, 4) is 11.5 Å². The summed E-state index contributed by atoms with van der Waals surface area (Å²) in [4.78, 5) is 10.9. The Morgan fingerprint density at radius 2 is 2.44 bits per heavy atom. The monoisotopic (exact) mass is 250 g/mol. The fraction of sp³-hybridized carbons (Fsp3) is 0.333. The predicted octanol–water partition coefficient (Wildman–Crippen LogP) is 0.757. The van der Waals surface area contributed by atoms with Crippen molar-refractivity contribution in [1.29, 1.82) is 0 Å². The zero-order valence-electron chi connectivity index (χ0n) is 9.92. The van der Waals surface area contributed by atoms with E-state index in [1.807, 2.05) is 0 Å². The highest BCUT2D eigenvalue weighted by molar-refractivity contribution is 6.06. The number of hydrogen-bond donors (Lipinski definition) is 2. The molecule has 0 spiro atoms. The lowest BCUT2D eigenvalue weighted by Crippen LogP contribution is -2.25. The number of nitrogens with two attached hydrogens (primary N) is 1. The van der Waals surface area contributed by atoms with Gasteiger partial charge in [-0.3, -0.25) is 4.79 Å². The Balaban J connectivity index is 2.07. The Morgan fingerprint density at radius 3 is 3.11 bits per heavy atom. The van der Waals surface area contributed by atoms with Gasteiger partial charge in [-0.1, -0.05) is 12.1 Å². The zero-order valence-corrected chi connectivity index (χ0v) is 9.92. The van der Waals surface area contributed by atoms with Gasteiger partial charge in [0.05, 0.1) is 12.5 Å². The van der Waals surface area contributed by atoms with Crippen LogP contribution in [0.25, 0.3) is 0 Å². The summed E-state index contributed by atoms with van der Waals surface area (Å²) in [6, 6.07) is 5.18. The van der Waals surface area contributed by atoms with Gasteiger partial charge in [-0.15, -0.1) is 0 Å². The second kappa shape index (κ2) is 4.95. The largest absolute Gasteiger partial charge is 0.493 e. The van der Waals surface area contributed by atoms with E-state index in [2.05, 4.69) is 5.16 Å². The Kier molecular flexibility index (Phi) is 3.36. The Bertz CT molecular complexity index is 499. The number of amides is 1. The molecule has 0 aromatic heterocycles. The third-order valence-electron chi connectivity index (χ3n) is 2.73. The van der Waals surface area contributed by atoms with Crippen molar-refractivity contribution in [2.24, 2.45) is 16.8 Å². The van der Waals surface area contributed by atoms with Crippen molar-refractivity contribution >= 4 is 11.6 Å². The second-order valence-corrected chi connectivity index (χ2v) is 4.11. The van der Waals surface area contributed by atoms with Crippen LogP contribution in [0.1, 0.15) is 12.5 Å². The molecule has 0 radical (unpaired) electrons. The fourth-order valence-electron chi connectivity index (χ4n) is 1.56. The van der Waals surface area contributed by atoms with Crippen LogP contribution in [0.3, 0.4) is 0 Å². The molecule has 2 rings (SSSR count). The third-order valence-corrected chi connectivity index (χ3v) is 2.73. The molecule has 1 amide bonds. The van der Waals surface area contributed by atoms with Gasteiger partial charge >= 0.3 is 0 Å². The number of nitrogens with zero attached hydrogens (tertiary/aromatic N) is 1. The van der Waals surface area contributed by atoms with E-state index in [0.717, 1.165) is 5.56 Å². The van der Waals surface area contributed by atoms with Gasteiger partial charge in [-0.05, 0) is 12.1 Å². The van der Waals surface area contributed by atoms with E-state index < -0.39 is 5.91 Å². The van der Waals surface area contributed by atoms with Crippen molar-refractivity contribution in [2.45, 2.75) is 6.92 Å². The Labute approximate surface area is 104 Å². The molecule has 96 valence electrons. The van der Waals surface area contributed by atoms with Crippen LogP contribution < -0.4 is 15.2 Å². The second-order valence-electron chi connectivity index (χ2n) is 4.11. The highest BCUT2D eigenvalue weighted by Gasteiger charge is 2.20. The first-order chi connectivity index (χ1) is 8.61. The van der Waals surface area contributed by atoms with Crippen LogP contribution in [-0.4, -0.2) is 30.0 Å². The van der Waals surface area contributed by atoms with Gasteiger partial charge in [0.2, 0.25) is 5.91 Å². The van der Waals surface area contributed by atoms with E-state index in [1.165, 1.54) is 0 Å². The number of carbonyl (C=O) groups excluding carboxylic acids is 1. The highest BCUT2D eigenvalue weighted by Crippen LogP contribution is 2.30. The maximum Gasteiger partial charge on any atom is 0.223 e. The molecule has 0 fully saturated rings. The molecule has 0 saturated heterocycles. The number of hydrogen-bond acceptors (Lipinski definition) is 5. The molecular formula is C12H14N2O4. The molecule has 1 heterocycles. The first-order valence-corrected chi connectivity index (χ1v) is 5.52. The minimum absolute atomic E-state index is 0.217. The van der Waals surface area contributed by atoms with E-state index >= 15 is 0 Å². The summed E-state index contributed by atoms with van der Waals surface area (Å²) in [7, 11) is 0. The molecule has 1 aliphatic rings. The average Bonchev–Trinajstić information content (AvgIpc) is 2.77. The zero-order chi connectivity index (χ0) is 13.1. The third kappa shape index (κ3) is 2.37. The molecule has 1 unspecified atom stereocenters. The Morgan fingerprint density at radius 1 is 1.67 bits per heavy atom. The lowest BCUT2D eigenvalue weighted by atomic mass is 10.1. The van der Waals surface area contributed by atoms with E-state index in [0.29, 0.717) is 17.2 Å². The van der Waals surface area contributed by atoms with Crippen LogP contribution in [0.5, 0.6) is 11.5 Å². The molecule has 6 nitrogen and oxygen atoms in total. The van der Waals surface area contributed by atoms with E-state index in [-0.39, 0.29) is 19.1 Å².